The predicted octanol–water partition coefficient (Wildman–Crippen LogP) is -0.0826. The first-order chi connectivity index (χ1) is 24.2. The molecule has 14 nitrogen and oxygen atoms in total. The van der Waals surface area contributed by atoms with E-state index in [2.05, 4.69) is 0 Å². The SMILES string of the molecule is CC1=C(CN(CC(=O)O)CC(=O)O)C(=O)C(C(C)C)=CC1=C(c1ccccc1C(=O)[O-])c1cc(C(C)C)c(O)c(CN(CC(=O)O)CC(=O)O)c1C.[Na+]. The average molecular weight is 743 g/mol. The molecule has 3 rings (SSSR count). The van der Waals surface area contributed by atoms with Crippen LogP contribution in [0.15, 0.2) is 58.7 Å². The first-order valence-electron chi connectivity index (χ1n) is 16.4. The standard InChI is InChI=1S/C38H44N2O12.Na/c1-19(2)25-11-27(21(5)29(36(25)49)13-39(15-31(41)42)16-32(43)44)35(23-9-7-8-10-24(23)38(51)52)28-12-26(20(3)4)37(50)30(22(28)6)14-40(17-33(45)46)18-34(47)48;/h7-12,19-20,49H,13-18H2,1-6H3,(H,41,42)(H,43,44)(H,45,46)(H,47,48)(H,51,52);/q;+1/p-1. The van der Waals surface area contributed by atoms with Crippen molar-refractivity contribution in [2.45, 2.75) is 54.0 Å². The van der Waals surface area contributed by atoms with Crippen molar-refractivity contribution in [3.8, 4) is 5.75 Å². The molecule has 0 bridgehead atoms. The smallest absolute Gasteiger partial charge is 0.545 e. The van der Waals surface area contributed by atoms with Crippen molar-refractivity contribution in [2.75, 3.05) is 32.7 Å². The van der Waals surface area contributed by atoms with Gasteiger partial charge in [-0.05, 0) is 76.8 Å². The van der Waals surface area contributed by atoms with E-state index in [1.54, 1.807) is 65.8 Å². The molecule has 1 aliphatic carbocycles. The van der Waals surface area contributed by atoms with Crippen LogP contribution in [0, 0.1) is 12.8 Å². The molecule has 0 atom stereocenters. The number of aromatic hydroxyl groups is 1. The molecule has 2 aromatic carbocycles. The molecular formula is C38H43N2NaO12. The van der Waals surface area contributed by atoms with Crippen LogP contribution in [-0.4, -0.2) is 104 Å². The van der Waals surface area contributed by atoms with Gasteiger partial charge >= 0.3 is 53.4 Å². The minimum atomic E-state index is -1.51. The van der Waals surface area contributed by atoms with Crippen LogP contribution in [0.1, 0.15) is 78.7 Å². The van der Waals surface area contributed by atoms with Crippen molar-refractivity contribution in [1.82, 2.24) is 9.80 Å². The minimum Gasteiger partial charge on any atom is -0.545 e. The average Bonchev–Trinajstić information content (AvgIpc) is 3.01. The second-order valence-electron chi connectivity index (χ2n) is 13.3. The normalized spacial score (nSPS) is 14.1. The van der Waals surface area contributed by atoms with Gasteiger partial charge in [0.25, 0.3) is 0 Å². The maximum absolute atomic E-state index is 14.0. The Labute approximate surface area is 329 Å². The fourth-order valence-corrected chi connectivity index (χ4v) is 6.32. The first-order valence-corrected chi connectivity index (χ1v) is 16.4. The third kappa shape index (κ3) is 11.0. The number of Topliss-reactive ketones (excluding diaryl/α,β-unsaturated/α-hetero) is 1. The number of carbonyl (C=O) groups is 6. The largest absolute Gasteiger partial charge is 1.00 e. The molecule has 0 saturated carbocycles. The van der Waals surface area contributed by atoms with Crippen molar-refractivity contribution in [1.29, 1.82) is 0 Å². The fourth-order valence-electron chi connectivity index (χ4n) is 6.32. The van der Waals surface area contributed by atoms with Crippen molar-refractivity contribution < 1.29 is 89.0 Å². The van der Waals surface area contributed by atoms with E-state index in [1.807, 2.05) is 0 Å². The number of aliphatic carboxylic acids is 4. The molecule has 278 valence electrons. The van der Waals surface area contributed by atoms with E-state index in [0.29, 0.717) is 33.4 Å². The van der Waals surface area contributed by atoms with Gasteiger partial charge in [-0.25, -0.2) is 0 Å². The molecule has 53 heavy (non-hydrogen) atoms. The number of rotatable bonds is 17. The number of carbonyl (C=O) groups excluding carboxylic acids is 2. The van der Waals surface area contributed by atoms with Crippen LogP contribution in [0.25, 0.3) is 5.57 Å². The molecule has 0 aliphatic heterocycles. The number of allylic oxidation sites excluding steroid dienone is 4. The minimum absolute atomic E-state index is 0. The summed E-state index contributed by atoms with van der Waals surface area (Å²) in [4.78, 5) is 75.6. The fraction of sp³-hybridized carbons (Fsp3) is 0.368. The third-order valence-electron chi connectivity index (χ3n) is 8.81. The summed E-state index contributed by atoms with van der Waals surface area (Å²) in [5.74, 6) is -8.09. The van der Waals surface area contributed by atoms with Gasteiger partial charge < -0.3 is 35.4 Å². The van der Waals surface area contributed by atoms with Crippen molar-refractivity contribution in [2.24, 2.45) is 5.92 Å². The van der Waals surface area contributed by atoms with E-state index >= 15 is 0 Å². The van der Waals surface area contributed by atoms with E-state index in [9.17, 15) is 59.4 Å². The summed E-state index contributed by atoms with van der Waals surface area (Å²) in [7, 11) is 0. The summed E-state index contributed by atoms with van der Waals surface area (Å²) in [6.45, 7) is 6.99. The number of ketones is 1. The molecule has 0 spiro atoms. The zero-order valence-electron chi connectivity index (χ0n) is 30.8. The van der Waals surface area contributed by atoms with Gasteiger partial charge in [-0.2, -0.15) is 0 Å². The Morgan fingerprint density at radius 2 is 1.21 bits per heavy atom. The van der Waals surface area contributed by atoms with Gasteiger partial charge in [0.15, 0.2) is 5.78 Å². The van der Waals surface area contributed by atoms with Crippen LogP contribution >= 0.6 is 0 Å². The Morgan fingerprint density at radius 1 is 0.736 bits per heavy atom. The van der Waals surface area contributed by atoms with Crippen LogP contribution in [0.4, 0.5) is 0 Å². The Morgan fingerprint density at radius 3 is 1.64 bits per heavy atom. The topological polar surface area (TPSA) is 233 Å². The van der Waals surface area contributed by atoms with E-state index in [-0.39, 0.29) is 88.1 Å². The number of hydrogen-bond acceptors (Lipinski definition) is 10. The second kappa shape index (κ2) is 18.9. The van der Waals surface area contributed by atoms with Crippen molar-refractivity contribution >= 4 is 41.2 Å². The molecule has 0 amide bonds. The Bertz CT molecular complexity index is 1880. The maximum Gasteiger partial charge on any atom is 1.00 e. The summed E-state index contributed by atoms with van der Waals surface area (Å²) in [5.41, 5.74) is 2.64. The van der Waals surface area contributed by atoms with E-state index in [0.717, 1.165) is 9.80 Å². The van der Waals surface area contributed by atoms with Crippen molar-refractivity contribution in [3.63, 3.8) is 0 Å². The second-order valence-corrected chi connectivity index (χ2v) is 13.3. The summed E-state index contributed by atoms with van der Waals surface area (Å²) in [5, 5.41) is 62.3. The molecule has 0 saturated heterocycles. The van der Waals surface area contributed by atoms with Crippen LogP contribution in [-0.2, 0) is 30.5 Å². The quantitative estimate of drug-likeness (QED) is 0.134. The summed E-state index contributed by atoms with van der Waals surface area (Å²) in [6, 6.07) is 7.66. The van der Waals surface area contributed by atoms with Crippen LogP contribution in [0.3, 0.4) is 0 Å². The maximum atomic E-state index is 14.0. The van der Waals surface area contributed by atoms with Gasteiger partial charge in [0, 0.05) is 35.4 Å². The molecular weight excluding hydrogens is 699 g/mol. The number of phenols is 1. The van der Waals surface area contributed by atoms with Gasteiger partial charge in [-0.1, -0.05) is 52.0 Å². The predicted molar refractivity (Wildman–Crippen MR) is 187 cm³/mol. The monoisotopic (exact) mass is 742 g/mol. The molecule has 5 N–H and O–H groups in total. The number of phenolic OH excluding ortho intramolecular Hbond substituents is 1. The van der Waals surface area contributed by atoms with Gasteiger partial charge in [0.2, 0.25) is 0 Å². The number of aromatic carboxylic acids is 1. The van der Waals surface area contributed by atoms with Gasteiger partial charge in [0.1, 0.15) is 5.75 Å². The van der Waals surface area contributed by atoms with Crippen molar-refractivity contribution in [3.05, 3.63) is 92.1 Å². The summed E-state index contributed by atoms with van der Waals surface area (Å²) in [6.07, 6.45) is 1.62. The van der Waals surface area contributed by atoms with Crippen LogP contribution in [0.5, 0.6) is 5.75 Å². The number of carboxylic acid groups (broad SMARTS) is 5. The Hall–Kier alpha value is -4.60. The molecule has 1 aliphatic rings. The van der Waals surface area contributed by atoms with E-state index in [1.165, 1.54) is 12.1 Å². The van der Waals surface area contributed by atoms with Crippen LogP contribution in [0.2, 0.25) is 0 Å². The Kier molecular flexibility index (Phi) is 15.9. The third-order valence-corrected chi connectivity index (χ3v) is 8.81. The zero-order chi connectivity index (χ0) is 39.2. The number of hydrogen-bond donors (Lipinski definition) is 5. The molecule has 0 aromatic heterocycles. The summed E-state index contributed by atoms with van der Waals surface area (Å²) >= 11 is 0. The number of nitrogens with zero attached hydrogens (tertiary/aromatic N) is 2. The van der Waals surface area contributed by atoms with E-state index in [4.69, 9.17) is 0 Å². The Balaban J connectivity index is 0.00000972. The molecule has 2 aromatic rings. The molecule has 15 heteroatoms. The molecule has 0 unspecified atom stereocenters. The summed E-state index contributed by atoms with van der Waals surface area (Å²) < 4.78 is 0. The molecule has 0 heterocycles. The number of carboxylic acids is 5. The van der Waals surface area contributed by atoms with Gasteiger partial charge in [-0.15, -0.1) is 0 Å². The van der Waals surface area contributed by atoms with Gasteiger partial charge in [-0.3, -0.25) is 33.8 Å². The zero-order valence-corrected chi connectivity index (χ0v) is 32.8. The van der Waals surface area contributed by atoms with Gasteiger partial charge in [0.05, 0.1) is 32.1 Å². The number of benzene rings is 2. The molecule has 0 radical (unpaired) electrons. The van der Waals surface area contributed by atoms with E-state index < -0.39 is 61.8 Å². The molecule has 0 fully saturated rings. The first kappa shape index (κ1) is 44.6. The van der Waals surface area contributed by atoms with Crippen LogP contribution < -0.4 is 34.7 Å².